The summed E-state index contributed by atoms with van der Waals surface area (Å²) in [5.74, 6) is -0.980. The molecule has 0 fully saturated rings. The van der Waals surface area contributed by atoms with Crippen molar-refractivity contribution in [2.45, 2.75) is 20.0 Å². The van der Waals surface area contributed by atoms with Gasteiger partial charge in [-0.15, -0.1) is 0 Å². The maximum Gasteiger partial charge on any atom is 0.220 e. The molecule has 0 heterocycles. The number of hydrogen-bond donors (Lipinski definition) is 0. The van der Waals surface area contributed by atoms with Gasteiger partial charge in [-0.05, 0) is 38.1 Å². The molecular weight excluding hydrogens is 211 g/mol. The van der Waals surface area contributed by atoms with E-state index in [0.29, 0.717) is 12.4 Å². The Hall–Kier alpha value is -1.71. The topological polar surface area (TPSA) is 43.4 Å². The number of Topliss-reactive ketones (excluding diaryl/α,β-unsaturated/α-hetero) is 2. The van der Waals surface area contributed by atoms with Crippen LogP contribution in [-0.4, -0.2) is 24.3 Å². The molecule has 4 heteroatoms. The van der Waals surface area contributed by atoms with Crippen LogP contribution in [0.4, 0.5) is 4.39 Å². The lowest BCUT2D eigenvalue weighted by Gasteiger charge is -2.05. The van der Waals surface area contributed by atoms with E-state index in [9.17, 15) is 14.0 Å². The fourth-order valence-corrected chi connectivity index (χ4v) is 1.21. The highest BCUT2D eigenvalue weighted by atomic mass is 19.1. The quantitative estimate of drug-likeness (QED) is 0.568. The highest BCUT2D eigenvalue weighted by molar-refractivity contribution is 6.12. The molecule has 0 spiro atoms. The highest BCUT2D eigenvalue weighted by Crippen LogP contribution is 2.14. The molecule has 1 rings (SSSR count). The van der Waals surface area contributed by atoms with Crippen LogP contribution in [0.1, 0.15) is 24.2 Å². The SMILES string of the molecule is CCOc1ccc(C(=O)C(F)C(C)=O)cc1. The molecule has 1 unspecified atom stereocenters. The Bertz CT molecular complexity index is 384. The standard InChI is InChI=1S/C12H13FO3/c1-3-16-10-6-4-9(5-7-10)12(15)11(13)8(2)14/h4-7,11H,3H2,1-2H3. The zero-order chi connectivity index (χ0) is 12.1. The lowest BCUT2D eigenvalue weighted by Crippen LogP contribution is -2.23. The number of benzene rings is 1. The van der Waals surface area contributed by atoms with Crippen LogP contribution in [0, 0.1) is 0 Å². The Balaban J connectivity index is 2.81. The Morgan fingerprint density at radius 2 is 1.88 bits per heavy atom. The van der Waals surface area contributed by atoms with Crippen molar-refractivity contribution in [3.63, 3.8) is 0 Å². The van der Waals surface area contributed by atoms with Crippen LogP contribution < -0.4 is 4.74 Å². The van der Waals surface area contributed by atoms with Gasteiger partial charge in [-0.2, -0.15) is 0 Å². The van der Waals surface area contributed by atoms with Gasteiger partial charge in [0.1, 0.15) is 5.75 Å². The van der Waals surface area contributed by atoms with Crippen molar-refractivity contribution in [1.29, 1.82) is 0 Å². The maximum absolute atomic E-state index is 13.1. The van der Waals surface area contributed by atoms with E-state index in [-0.39, 0.29) is 5.56 Å². The number of alkyl halides is 1. The normalized spacial score (nSPS) is 11.9. The average molecular weight is 224 g/mol. The van der Waals surface area contributed by atoms with E-state index in [1.54, 1.807) is 12.1 Å². The lowest BCUT2D eigenvalue weighted by atomic mass is 10.1. The molecule has 0 aromatic heterocycles. The van der Waals surface area contributed by atoms with Gasteiger partial charge in [0, 0.05) is 5.56 Å². The van der Waals surface area contributed by atoms with Crippen LogP contribution in [0.2, 0.25) is 0 Å². The third kappa shape index (κ3) is 2.89. The third-order valence-corrected chi connectivity index (χ3v) is 2.04. The summed E-state index contributed by atoms with van der Waals surface area (Å²) in [5, 5.41) is 0. The van der Waals surface area contributed by atoms with Crippen molar-refractivity contribution < 1.29 is 18.7 Å². The molecule has 1 atom stereocenters. The summed E-state index contributed by atoms with van der Waals surface area (Å²) < 4.78 is 18.3. The van der Waals surface area contributed by atoms with Gasteiger partial charge in [0.05, 0.1) is 6.61 Å². The maximum atomic E-state index is 13.1. The van der Waals surface area contributed by atoms with E-state index in [2.05, 4.69) is 0 Å². The summed E-state index contributed by atoms with van der Waals surface area (Å²) in [6.45, 7) is 3.41. The summed E-state index contributed by atoms with van der Waals surface area (Å²) in [4.78, 5) is 22.1. The molecule has 3 nitrogen and oxygen atoms in total. The minimum atomic E-state index is -2.07. The zero-order valence-electron chi connectivity index (χ0n) is 9.20. The summed E-state index contributed by atoms with van der Waals surface area (Å²) in [6, 6.07) is 6.04. The van der Waals surface area contributed by atoms with E-state index >= 15 is 0 Å². The molecule has 0 bridgehead atoms. The molecule has 0 amide bonds. The van der Waals surface area contributed by atoms with Gasteiger partial charge in [0.15, 0.2) is 5.78 Å². The lowest BCUT2D eigenvalue weighted by molar-refractivity contribution is -0.120. The monoisotopic (exact) mass is 224 g/mol. The van der Waals surface area contributed by atoms with Crippen LogP contribution in [0.15, 0.2) is 24.3 Å². The first-order chi connectivity index (χ1) is 7.56. The first-order valence-electron chi connectivity index (χ1n) is 4.98. The molecule has 16 heavy (non-hydrogen) atoms. The van der Waals surface area contributed by atoms with Crippen molar-refractivity contribution in [2.75, 3.05) is 6.61 Å². The van der Waals surface area contributed by atoms with E-state index in [1.165, 1.54) is 12.1 Å². The van der Waals surface area contributed by atoms with E-state index in [0.717, 1.165) is 6.92 Å². The number of carbonyl (C=O) groups is 2. The molecule has 0 saturated heterocycles. The minimum Gasteiger partial charge on any atom is -0.494 e. The second-order valence-corrected chi connectivity index (χ2v) is 3.29. The van der Waals surface area contributed by atoms with Gasteiger partial charge in [0.25, 0.3) is 0 Å². The molecule has 0 radical (unpaired) electrons. The van der Waals surface area contributed by atoms with Gasteiger partial charge in [-0.1, -0.05) is 0 Å². The molecule has 1 aromatic carbocycles. The number of carbonyl (C=O) groups excluding carboxylic acids is 2. The molecule has 0 aliphatic rings. The number of ketones is 2. The van der Waals surface area contributed by atoms with Gasteiger partial charge < -0.3 is 4.74 Å². The smallest absolute Gasteiger partial charge is 0.220 e. The Morgan fingerprint density at radius 1 is 1.31 bits per heavy atom. The Labute approximate surface area is 93.2 Å². The van der Waals surface area contributed by atoms with Gasteiger partial charge >= 0.3 is 0 Å². The summed E-state index contributed by atoms with van der Waals surface area (Å²) in [7, 11) is 0. The predicted octanol–water partition coefficient (Wildman–Crippen LogP) is 2.20. The molecule has 1 aromatic rings. The van der Waals surface area contributed by atoms with Crippen LogP contribution in [0.5, 0.6) is 5.75 Å². The van der Waals surface area contributed by atoms with Crippen LogP contribution in [-0.2, 0) is 4.79 Å². The first kappa shape index (κ1) is 12.4. The van der Waals surface area contributed by atoms with Crippen LogP contribution in [0.25, 0.3) is 0 Å². The van der Waals surface area contributed by atoms with Gasteiger partial charge in [-0.25, -0.2) is 4.39 Å². The molecule has 86 valence electrons. The molecular formula is C12H13FO3. The van der Waals surface area contributed by atoms with E-state index < -0.39 is 17.7 Å². The summed E-state index contributed by atoms with van der Waals surface area (Å²) >= 11 is 0. The largest absolute Gasteiger partial charge is 0.494 e. The molecule has 0 saturated carbocycles. The molecule has 0 aliphatic heterocycles. The highest BCUT2D eigenvalue weighted by Gasteiger charge is 2.23. The number of rotatable bonds is 5. The van der Waals surface area contributed by atoms with Crippen LogP contribution >= 0.6 is 0 Å². The van der Waals surface area contributed by atoms with Gasteiger partial charge in [0.2, 0.25) is 12.0 Å². The van der Waals surface area contributed by atoms with Crippen molar-refractivity contribution in [2.24, 2.45) is 0 Å². The fourth-order valence-electron chi connectivity index (χ4n) is 1.21. The number of halogens is 1. The first-order valence-corrected chi connectivity index (χ1v) is 4.98. The van der Waals surface area contributed by atoms with E-state index in [4.69, 9.17) is 4.74 Å². The number of ether oxygens (including phenoxy) is 1. The van der Waals surface area contributed by atoms with Crippen LogP contribution in [0.3, 0.4) is 0 Å². The summed E-state index contributed by atoms with van der Waals surface area (Å²) in [6.07, 6.45) is -2.07. The van der Waals surface area contributed by atoms with Gasteiger partial charge in [-0.3, -0.25) is 9.59 Å². The van der Waals surface area contributed by atoms with Crippen molar-refractivity contribution >= 4 is 11.6 Å². The second kappa shape index (κ2) is 5.39. The van der Waals surface area contributed by atoms with Crippen molar-refractivity contribution in [3.8, 4) is 5.75 Å². The third-order valence-electron chi connectivity index (χ3n) is 2.04. The van der Waals surface area contributed by atoms with Crippen molar-refractivity contribution in [1.82, 2.24) is 0 Å². The fraction of sp³-hybridized carbons (Fsp3) is 0.333. The Morgan fingerprint density at radius 3 is 2.31 bits per heavy atom. The zero-order valence-corrected chi connectivity index (χ0v) is 9.20. The molecule has 0 N–H and O–H groups in total. The summed E-state index contributed by atoms with van der Waals surface area (Å²) in [5.41, 5.74) is 0.172. The minimum absolute atomic E-state index is 0.172. The predicted molar refractivity (Wildman–Crippen MR) is 57.5 cm³/mol. The number of hydrogen-bond acceptors (Lipinski definition) is 3. The second-order valence-electron chi connectivity index (χ2n) is 3.29. The molecule has 0 aliphatic carbocycles. The van der Waals surface area contributed by atoms with Crippen molar-refractivity contribution in [3.05, 3.63) is 29.8 Å². The van der Waals surface area contributed by atoms with E-state index in [1.807, 2.05) is 6.92 Å². The average Bonchev–Trinajstić information content (AvgIpc) is 2.28. The Kier molecular flexibility index (Phi) is 4.17.